The van der Waals surface area contributed by atoms with Crippen LogP contribution in [0, 0.1) is 0 Å². The number of alkyl halides is 2. The molecule has 0 spiro atoms. The summed E-state index contributed by atoms with van der Waals surface area (Å²) in [6.45, 7) is 10.2. The third kappa shape index (κ3) is 5.43. The maximum absolute atomic E-state index is 14.3. The summed E-state index contributed by atoms with van der Waals surface area (Å²) in [7, 11) is 0. The molecule has 0 radical (unpaired) electrons. The van der Waals surface area contributed by atoms with E-state index in [0.29, 0.717) is 5.56 Å². The van der Waals surface area contributed by atoms with Gasteiger partial charge in [0.25, 0.3) is 0 Å². The van der Waals surface area contributed by atoms with E-state index in [4.69, 9.17) is 0 Å². The van der Waals surface area contributed by atoms with Crippen molar-refractivity contribution in [3.63, 3.8) is 0 Å². The quantitative estimate of drug-likeness (QED) is 0.618. The number of benzene rings is 1. The van der Waals surface area contributed by atoms with Crippen LogP contribution in [0.15, 0.2) is 24.3 Å². The minimum atomic E-state index is -3.73. The zero-order valence-electron chi connectivity index (χ0n) is 14.9. The van der Waals surface area contributed by atoms with Crippen molar-refractivity contribution in [1.29, 1.82) is 0 Å². The molecule has 7 heteroatoms. The first-order chi connectivity index (χ1) is 10.9. The summed E-state index contributed by atoms with van der Waals surface area (Å²) in [5, 5.41) is 0. The van der Waals surface area contributed by atoms with E-state index in [9.17, 15) is 18.1 Å². The van der Waals surface area contributed by atoms with Crippen LogP contribution in [0.3, 0.4) is 0 Å². The molecule has 0 bridgehead atoms. The van der Waals surface area contributed by atoms with Crippen LogP contribution in [0.1, 0.15) is 58.7 Å². The molecule has 1 rings (SSSR count). The third-order valence-electron chi connectivity index (χ3n) is 3.19. The monoisotopic (exact) mass is 361 g/mol. The first-order valence-electron chi connectivity index (χ1n) is 7.73. The van der Waals surface area contributed by atoms with Crippen LogP contribution in [0.25, 0.3) is 0 Å². The van der Waals surface area contributed by atoms with Gasteiger partial charge in [-0.3, -0.25) is 0 Å². The average molecular weight is 361 g/mol. The first kappa shape index (κ1) is 20.9. The molecule has 0 unspecified atom stereocenters. The Balaban J connectivity index is 2.99. The molecule has 0 aromatic heterocycles. The van der Waals surface area contributed by atoms with Crippen molar-refractivity contribution in [2.45, 2.75) is 64.4 Å². The third-order valence-corrected chi connectivity index (χ3v) is 4.87. The van der Waals surface area contributed by atoms with E-state index in [2.05, 4.69) is 9.46 Å². The summed E-state index contributed by atoms with van der Waals surface area (Å²) in [4.78, 5) is 11.6. The molecule has 0 aliphatic heterocycles. The number of halogens is 2. The highest BCUT2D eigenvalue weighted by Crippen LogP contribution is 2.32. The minimum Gasteiger partial charge on any atom is -0.598 e. The molecule has 1 aromatic carbocycles. The van der Waals surface area contributed by atoms with Gasteiger partial charge in [0.15, 0.2) is 0 Å². The second-order valence-electron chi connectivity index (χ2n) is 6.87. The Hall–Kier alpha value is -1.18. The Morgan fingerprint density at radius 2 is 1.83 bits per heavy atom. The zero-order chi connectivity index (χ0) is 18.7. The number of ether oxygens (including phenoxy) is 1. The number of rotatable bonds is 6. The Morgan fingerprint density at radius 3 is 2.33 bits per heavy atom. The predicted molar refractivity (Wildman–Crippen MR) is 91.0 cm³/mol. The van der Waals surface area contributed by atoms with Gasteiger partial charge in [0.1, 0.15) is 4.75 Å². The van der Waals surface area contributed by atoms with E-state index in [1.807, 2.05) is 20.8 Å². The molecule has 2 atom stereocenters. The van der Waals surface area contributed by atoms with E-state index < -0.39 is 45.7 Å². The van der Waals surface area contributed by atoms with E-state index >= 15 is 0 Å². The molecule has 24 heavy (non-hydrogen) atoms. The Bertz CT molecular complexity index is 573. The van der Waals surface area contributed by atoms with Gasteiger partial charge in [-0.05, 0) is 53.2 Å². The minimum absolute atomic E-state index is 0.415. The molecular formula is C17H25F2NO3S. The van der Waals surface area contributed by atoms with Crippen LogP contribution in [0.4, 0.5) is 8.78 Å². The lowest BCUT2D eigenvalue weighted by atomic mass is 10.0. The van der Waals surface area contributed by atoms with Crippen LogP contribution in [-0.2, 0) is 26.8 Å². The molecular weight excluding hydrogens is 336 g/mol. The highest BCUT2D eigenvalue weighted by atomic mass is 32.2. The van der Waals surface area contributed by atoms with Crippen LogP contribution in [0.2, 0.25) is 0 Å². The Morgan fingerprint density at radius 1 is 1.25 bits per heavy atom. The van der Waals surface area contributed by atoms with Crippen molar-refractivity contribution in [3.05, 3.63) is 35.4 Å². The van der Waals surface area contributed by atoms with Gasteiger partial charge >= 0.3 is 11.9 Å². The number of nitrogens with one attached hydrogen (secondary N) is 1. The summed E-state index contributed by atoms with van der Waals surface area (Å²) in [6.07, 6.45) is -0.624. The van der Waals surface area contributed by atoms with Gasteiger partial charge in [-0.2, -0.15) is 8.78 Å². The van der Waals surface area contributed by atoms with E-state index in [1.165, 1.54) is 32.0 Å². The van der Waals surface area contributed by atoms with Crippen molar-refractivity contribution < 1.29 is 22.9 Å². The summed E-state index contributed by atoms with van der Waals surface area (Å²) >= 11 is -1.34. The molecule has 0 saturated carbocycles. The molecule has 1 N–H and O–H groups in total. The number of hydrogen-bond donors (Lipinski definition) is 1. The summed E-state index contributed by atoms with van der Waals surface area (Å²) in [5.74, 6) is -5.31. The molecule has 0 aliphatic rings. The Kier molecular flexibility index (Phi) is 6.78. The van der Waals surface area contributed by atoms with Crippen molar-refractivity contribution in [1.82, 2.24) is 4.72 Å². The highest BCUT2D eigenvalue weighted by Gasteiger charge is 2.43. The highest BCUT2D eigenvalue weighted by molar-refractivity contribution is 7.90. The van der Waals surface area contributed by atoms with Crippen LogP contribution >= 0.6 is 0 Å². The van der Waals surface area contributed by atoms with E-state index in [0.717, 1.165) is 0 Å². The standard InChI is InChI=1S/C17H25F2NO3S/c1-11(2)23-15(21)17(18,19)14-9-7-8-13(10-14)12(3)20-24(22)16(4,5)6/h7-12,20H,1-6H3/t12-,24+/m1/s1. The fraction of sp³-hybridized carbons (Fsp3) is 0.588. The fourth-order valence-corrected chi connectivity index (χ4v) is 2.63. The van der Waals surface area contributed by atoms with Crippen molar-refractivity contribution in [2.75, 3.05) is 0 Å². The SMILES string of the molecule is CC(C)OC(=O)C(F)(F)c1cccc([C@@H](C)N[S@@+]([O-])C(C)(C)C)c1. The van der Waals surface area contributed by atoms with Gasteiger partial charge in [-0.25, -0.2) is 4.79 Å². The second kappa shape index (κ2) is 7.80. The number of carbonyl (C=O) groups excluding carboxylic acids is 1. The first-order valence-corrected chi connectivity index (χ1v) is 8.88. The van der Waals surface area contributed by atoms with Crippen molar-refractivity contribution in [2.24, 2.45) is 0 Å². The number of carbonyl (C=O) groups is 1. The number of esters is 1. The molecule has 1 aromatic rings. The van der Waals surface area contributed by atoms with Gasteiger partial charge in [0.05, 0.1) is 12.1 Å². The lowest BCUT2D eigenvalue weighted by Crippen LogP contribution is -2.40. The molecule has 0 fully saturated rings. The van der Waals surface area contributed by atoms with Crippen molar-refractivity contribution >= 4 is 17.3 Å². The average Bonchev–Trinajstić information content (AvgIpc) is 2.45. The molecule has 4 nitrogen and oxygen atoms in total. The molecule has 0 amide bonds. The lowest BCUT2D eigenvalue weighted by molar-refractivity contribution is -0.177. The maximum Gasteiger partial charge on any atom is 0.382 e. The summed E-state index contributed by atoms with van der Waals surface area (Å²) in [5.41, 5.74) is 0.0722. The maximum atomic E-state index is 14.3. The van der Waals surface area contributed by atoms with E-state index in [1.54, 1.807) is 13.0 Å². The predicted octanol–water partition coefficient (Wildman–Crippen LogP) is 3.84. The molecule has 0 aliphatic carbocycles. The lowest BCUT2D eigenvalue weighted by Gasteiger charge is -2.27. The van der Waals surface area contributed by atoms with Gasteiger partial charge in [-0.1, -0.05) is 18.2 Å². The van der Waals surface area contributed by atoms with Crippen molar-refractivity contribution in [3.8, 4) is 0 Å². The van der Waals surface area contributed by atoms with Gasteiger partial charge in [-0.15, -0.1) is 4.72 Å². The van der Waals surface area contributed by atoms with Gasteiger partial charge in [0, 0.05) is 16.9 Å². The normalized spacial score (nSPS) is 15.2. The molecule has 136 valence electrons. The zero-order valence-corrected chi connectivity index (χ0v) is 15.7. The van der Waals surface area contributed by atoms with Crippen LogP contribution < -0.4 is 4.72 Å². The Labute approximate surface area is 145 Å². The van der Waals surface area contributed by atoms with Gasteiger partial charge in [0.2, 0.25) is 0 Å². The van der Waals surface area contributed by atoms with Crippen LogP contribution in [0.5, 0.6) is 0 Å². The fourth-order valence-electron chi connectivity index (χ4n) is 1.81. The molecule has 0 heterocycles. The summed E-state index contributed by atoms with van der Waals surface area (Å²) < 4.78 is 47.7. The van der Waals surface area contributed by atoms with Crippen LogP contribution in [-0.4, -0.2) is 21.4 Å². The second-order valence-corrected chi connectivity index (χ2v) is 8.87. The largest absolute Gasteiger partial charge is 0.598 e. The summed E-state index contributed by atoms with van der Waals surface area (Å²) in [6, 6.07) is 5.09. The number of hydrogen-bond acceptors (Lipinski definition) is 4. The van der Waals surface area contributed by atoms with E-state index in [-0.39, 0.29) is 0 Å². The topological polar surface area (TPSA) is 61.4 Å². The van der Waals surface area contributed by atoms with Gasteiger partial charge < -0.3 is 9.29 Å². The molecule has 0 saturated heterocycles. The smallest absolute Gasteiger partial charge is 0.382 e.